The number of ketones is 1. The highest BCUT2D eigenvalue weighted by Crippen LogP contribution is 1.88. The average molecular weight is 165 g/mol. The summed E-state index contributed by atoms with van der Waals surface area (Å²) in [4.78, 5) is 20.1. The Balaban J connectivity index is 3.58. The van der Waals surface area contributed by atoms with Crippen molar-refractivity contribution < 1.29 is 9.59 Å². The largest absolute Gasteiger partial charge is 0.290 e. The summed E-state index contributed by atoms with van der Waals surface area (Å²) in [6, 6.07) is 0. The number of carbonyl (C=O) groups excluding carboxylic acids is 2. The zero-order valence-corrected chi connectivity index (χ0v) is 5.49. The van der Waals surface area contributed by atoms with Crippen LogP contribution in [0.2, 0.25) is 0 Å². The first kappa shape index (κ1) is 6.82. The molecule has 0 amide bonds. The van der Waals surface area contributed by atoms with Crippen molar-refractivity contribution in [2.24, 2.45) is 0 Å². The van der Waals surface area contributed by atoms with Crippen molar-refractivity contribution in [2.45, 2.75) is 13.3 Å². The summed E-state index contributed by atoms with van der Waals surface area (Å²) in [5.41, 5.74) is 0. The van der Waals surface area contributed by atoms with Crippen molar-refractivity contribution in [3.8, 4) is 0 Å². The zero-order chi connectivity index (χ0) is 5.86. The van der Waals surface area contributed by atoms with Crippen molar-refractivity contribution in [2.75, 3.05) is 0 Å². The molecule has 0 fully saturated rings. The van der Waals surface area contributed by atoms with Gasteiger partial charge in [-0.2, -0.15) is 0 Å². The zero-order valence-electron chi connectivity index (χ0n) is 3.90. The normalized spacial score (nSPS) is 8.29. The van der Waals surface area contributed by atoms with Crippen LogP contribution in [-0.4, -0.2) is 10.5 Å². The van der Waals surface area contributed by atoms with Crippen LogP contribution in [0, 0.1) is 0 Å². The minimum absolute atomic E-state index is 0.282. The molecule has 0 saturated heterocycles. The van der Waals surface area contributed by atoms with E-state index in [0.29, 0.717) is 0 Å². The molecular weight excluding hydrogens is 160 g/mol. The fourth-order valence-corrected chi connectivity index (χ4v) is 0.419. The average Bonchev–Trinajstić information content (AvgIpc) is 1.65. The van der Waals surface area contributed by atoms with Crippen molar-refractivity contribution in [3.63, 3.8) is 0 Å². The first-order valence-electron chi connectivity index (χ1n) is 1.91. The number of hydrogen-bond donors (Lipinski definition) is 0. The third-order valence-corrected chi connectivity index (χ3v) is 0.983. The second kappa shape index (κ2) is 2.91. The van der Waals surface area contributed by atoms with Gasteiger partial charge in [-0.25, -0.2) is 0 Å². The Morgan fingerprint density at radius 1 is 1.57 bits per heavy atom. The highest BCUT2D eigenvalue weighted by Gasteiger charge is 2.03. The molecule has 0 bridgehead atoms. The van der Waals surface area contributed by atoms with Crippen LogP contribution in [0.25, 0.3) is 0 Å². The molecule has 0 unspecified atom stereocenters. The molecule has 0 aromatic heterocycles. The van der Waals surface area contributed by atoms with Gasteiger partial charge in [0, 0.05) is 22.4 Å². The third kappa shape index (κ3) is 2.51. The molecule has 0 saturated carbocycles. The molecule has 0 radical (unpaired) electrons. The van der Waals surface area contributed by atoms with Gasteiger partial charge in [0.2, 0.25) is 5.78 Å². The Morgan fingerprint density at radius 2 is 2.00 bits per heavy atom. The molecule has 0 N–H and O–H groups in total. The van der Waals surface area contributed by atoms with Crippen LogP contribution in [0.15, 0.2) is 0 Å². The van der Waals surface area contributed by atoms with Crippen molar-refractivity contribution in [1.82, 2.24) is 0 Å². The molecular formula is C4H5BrO2. The van der Waals surface area contributed by atoms with E-state index in [1.54, 1.807) is 6.92 Å². The van der Waals surface area contributed by atoms with Gasteiger partial charge in [-0.05, 0) is 0 Å². The maximum Gasteiger partial charge on any atom is 0.263 e. The first-order valence-corrected chi connectivity index (χ1v) is 2.70. The number of hydrogen-bond acceptors (Lipinski definition) is 2. The molecule has 0 rings (SSSR count). The summed E-state index contributed by atoms with van der Waals surface area (Å²) in [7, 11) is 0. The van der Waals surface area contributed by atoms with E-state index < -0.39 is 4.69 Å². The van der Waals surface area contributed by atoms with Gasteiger partial charge < -0.3 is 0 Å². The van der Waals surface area contributed by atoms with Crippen LogP contribution in [0.1, 0.15) is 13.3 Å². The lowest BCUT2D eigenvalue weighted by Gasteiger charge is -1.79. The lowest BCUT2D eigenvalue weighted by molar-refractivity contribution is -0.131. The van der Waals surface area contributed by atoms with Gasteiger partial charge in [-0.1, -0.05) is 6.92 Å². The Labute approximate surface area is 50.0 Å². The van der Waals surface area contributed by atoms with Crippen molar-refractivity contribution in [3.05, 3.63) is 0 Å². The topological polar surface area (TPSA) is 34.1 Å². The van der Waals surface area contributed by atoms with Gasteiger partial charge >= 0.3 is 0 Å². The maximum absolute atomic E-state index is 10.1. The van der Waals surface area contributed by atoms with Crippen LogP contribution < -0.4 is 0 Å². The van der Waals surface area contributed by atoms with Crippen LogP contribution >= 0.6 is 15.9 Å². The SMILES string of the molecule is CCC(=O)C(=O)Br. The second-order valence-corrected chi connectivity index (χ2v) is 1.77. The fourth-order valence-electron chi connectivity index (χ4n) is 0.139. The minimum atomic E-state index is -0.532. The van der Waals surface area contributed by atoms with Gasteiger partial charge in [0.05, 0.1) is 0 Å². The molecule has 0 atom stereocenters. The summed E-state index contributed by atoms with van der Waals surface area (Å²) < 4.78 is -0.532. The quantitative estimate of drug-likeness (QED) is 0.449. The van der Waals surface area contributed by atoms with E-state index in [2.05, 4.69) is 15.9 Å². The van der Waals surface area contributed by atoms with E-state index in [1.165, 1.54) is 0 Å². The summed E-state index contributed by atoms with van der Waals surface area (Å²) in [5.74, 6) is -0.375. The molecule has 2 nitrogen and oxygen atoms in total. The molecule has 0 aliphatic rings. The number of Topliss-reactive ketones (excluding diaryl/α,β-unsaturated/α-hetero) is 1. The number of rotatable bonds is 2. The predicted molar refractivity (Wildman–Crippen MR) is 29.2 cm³/mol. The van der Waals surface area contributed by atoms with Gasteiger partial charge in [0.25, 0.3) is 4.69 Å². The Bertz CT molecular complexity index is 97.9. The molecule has 0 aromatic carbocycles. The number of halogens is 1. The summed E-state index contributed by atoms with van der Waals surface area (Å²) in [6.07, 6.45) is 0.282. The van der Waals surface area contributed by atoms with Crippen LogP contribution in [-0.2, 0) is 9.59 Å². The lowest BCUT2D eigenvalue weighted by Crippen LogP contribution is -2.02. The molecule has 7 heavy (non-hydrogen) atoms. The van der Waals surface area contributed by atoms with Gasteiger partial charge in [0.1, 0.15) is 0 Å². The van der Waals surface area contributed by atoms with E-state index in [1.807, 2.05) is 0 Å². The molecule has 0 aliphatic carbocycles. The third-order valence-electron chi connectivity index (χ3n) is 0.540. The Morgan fingerprint density at radius 3 is 2.00 bits per heavy atom. The molecule has 0 spiro atoms. The van der Waals surface area contributed by atoms with Gasteiger partial charge in [-0.15, -0.1) is 0 Å². The van der Waals surface area contributed by atoms with Crippen LogP contribution in [0.5, 0.6) is 0 Å². The molecule has 0 aliphatic heterocycles. The maximum atomic E-state index is 10.1. The minimum Gasteiger partial charge on any atom is -0.290 e. The lowest BCUT2D eigenvalue weighted by atomic mass is 10.3. The smallest absolute Gasteiger partial charge is 0.263 e. The monoisotopic (exact) mass is 164 g/mol. The van der Waals surface area contributed by atoms with Crippen molar-refractivity contribution >= 4 is 26.4 Å². The standard InChI is InChI=1S/C4H5BrO2/c1-2-3(6)4(5)7/h2H2,1H3. The van der Waals surface area contributed by atoms with E-state index in [-0.39, 0.29) is 12.2 Å². The molecule has 0 aromatic rings. The Hall–Kier alpha value is -0.180. The summed E-state index contributed by atoms with van der Waals surface area (Å²) in [5, 5.41) is 0. The molecule has 0 heterocycles. The van der Waals surface area contributed by atoms with Crippen LogP contribution in [0.4, 0.5) is 0 Å². The van der Waals surface area contributed by atoms with E-state index in [4.69, 9.17) is 0 Å². The molecule has 3 heteroatoms. The fraction of sp³-hybridized carbons (Fsp3) is 0.500. The first-order chi connectivity index (χ1) is 3.18. The summed E-state index contributed by atoms with van der Waals surface area (Å²) in [6.45, 7) is 1.64. The number of carbonyl (C=O) groups is 2. The van der Waals surface area contributed by atoms with Crippen LogP contribution in [0.3, 0.4) is 0 Å². The van der Waals surface area contributed by atoms with Gasteiger partial charge in [-0.3, -0.25) is 9.59 Å². The second-order valence-electron chi connectivity index (χ2n) is 1.05. The Kier molecular flexibility index (Phi) is 2.83. The van der Waals surface area contributed by atoms with E-state index in [9.17, 15) is 9.59 Å². The molecule has 40 valence electrons. The van der Waals surface area contributed by atoms with E-state index >= 15 is 0 Å². The van der Waals surface area contributed by atoms with E-state index in [0.717, 1.165) is 0 Å². The van der Waals surface area contributed by atoms with Crippen molar-refractivity contribution in [1.29, 1.82) is 0 Å². The highest BCUT2D eigenvalue weighted by atomic mass is 79.9. The highest BCUT2D eigenvalue weighted by molar-refractivity contribution is 9.19. The van der Waals surface area contributed by atoms with Gasteiger partial charge in [0.15, 0.2) is 0 Å². The predicted octanol–water partition coefficient (Wildman–Crippen LogP) is 0.887. The summed E-state index contributed by atoms with van der Waals surface area (Å²) >= 11 is 2.51.